The molecule has 0 amide bonds. The molecule has 1 saturated heterocycles. The molecule has 0 radical (unpaired) electrons. The largest absolute Gasteiger partial charge is 0.507 e. The summed E-state index contributed by atoms with van der Waals surface area (Å²) in [4.78, 5) is 15.1. The van der Waals surface area contributed by atoms with Crippen LogP contribution >= 0.6 is 15.9 Å². The number of phenols is 1. The highest BCUT2D eigenvalue weighted by Crippen LogP contribution is 2.41. The van der Waals surface area contributed by atoms with Crippen LogP contribution < -0.4 is 10.2 Å². The molecule has 4 rings (SSSR count). The highest BCUT2D eigenvalue weighted by Gasteiger charge is 2.41. The van der Waals surface area contributed by atoms with Gasteiger partial charge in [0.1, 0.15) is 17.1 Å². The first-order valence-corrected chi connectivity index (χ1v) is 11.0. The van der Waals surface area contributed by atoms with Crippen molar-refractivity contribution < 1.29 is 32.2 Å². The highest BCUT2D eigenvalue weighted by molar-refractivity contribution is 9.10. The lowest BCUT2D eigenvalue weighted by Crippen LogP contribution is -2.44. The molecule has 3 aromatic rings. The number of fused-ring (bicyclic) bond motifs is 1. The minimum atomic E-state index is -5.01. The topological polar surface area (TPSA) is 72.1 Å². The zero-order chi connectivity index (χ0) is 23.9. The number of ether oxygens (including phenoxy) is 2. The Morgan fingerprint density at radius 3 is 2.45 bits per heavy atom. The van der Waals surface area contributed by atoms with E-state index in [1.807, 2.05) is 18.7 Å². The predicted molar refractivity (Wildman–Crippen MR) is 119 cm³/mol. The van der Waals surface area contributed by atoms with Gasteiger partial charge in [0.25, 0.3) is 5.76 Å². The first kappa shape index (κ1) is 23.6. The number of halogens is 4. The Morgan fingerprint density at radius 1 is 1.15 bits per heavy atom. The Bertz CT molecular complexity index is 1230. The maximum absolute atomic E-state index is 13.9. The molecule has 10 heteroatoms. The third-order valence-corrected chi connectivity index (χ3v) is 5.94. The van der Waals surface area contributed by atoms with E-state index in [4.69, 9.17) is 13.9 Å². The first-order valence-electron chi connectivity index (χ1n) is 10.2. The van der Waals surface area contributed by atoms with Crippen molar-refractivity contribution in [1.82, 2.24) is 4.90 Å². The number of rotatable bonds is 4. The highest BCUT2D eigenvalue weighted by atomic mass is 79.9. The number of aromatic hydroxyl groups is 1. The number of nitrogens with zero attached hydrogens (tertiary/aromatic N) is 1. The van der Waals surface area contributed by atoms with E-state index in [9.17, 15) is 23.1 Å². The smallest absolute Gasteiger partial charge is 0.453 e. The number of phenolic OH excluding ortho intramolecular Hbond substituents is 1. The molecule has 1 aliphatic rings. The van der Waals surface area contributed by atoms with Crippen LogP contribution in [0.15, 0.2) is 50.1 Å². The Kier molecular flexibility index (Phi) is 6.43. The first-order chi connectivity index (χ1) is 15.5. The second-order valence-corrected chi connectivity index (χ2v) is 8.87. The van der Waals surface area contributed by atoms with Crippen molar-refractivity contribution in [3.05, 3.63) is 62.4 Å². The minimum absolute atomic E-state index is 0.0324. The number of para-hydroxylation sites is 1. The van der Waals surface area contributed by atoms with Gasteiger partial charge in [-0.1, -0.05) is 12.1 Å². The second-order valence-electron chi connectivity index (χ2n) is 8.01. The van der Waals surface area contributed by atoms with Gasteiger partial charge in [-0.3, -0.25) is 9.69 Å². The summed E-state index contributed by atoms with van der Waals surface area (Å²) in [5.74, 6) is -2.76. The normalized spacial score (nSPS) is 19.7. The molecule has 2 aromatic carbocycles. The fraction of sp³-hybridized carbons (Fsp3) is 0.348. The van der Waals surface area contributed by atoms with E-state index >= 15 is 0 Å². The van der Waals surface area contributed by atoms with Crippen LogP contribution in [-0.2, 0) is 17.5 Å². The molecule has 0 saturated carbocycles. The van der Waals surface area contributed by atoms with E-state index < -0.39 is 23.1 Å². The number of alkyl halides is 3. The summed E-state index contributed by atoms with van der Waals surface area (Å²) in [6.45, 7) is 4.89. The summed E-state index contributed by atoms with van der Waals surface area (Å²) >= 11 is 3.20. The van der Waals surface area contributed by atoms with Gasteiger partial charge in [0, 0.05) is 19.6 Å². The average molecular weight is 528 g/mol. The van der Waals surface area contributed by atoms with Crippen molar-refractivity contribution in [2.24, 2.45) is 0 Å². The summed E-state index contributed by atoms with van der Waals surface area (Å²) in [5, 5.41) is 10.3. The van der Waals surface area contributed by atoms with Crippen molar-refractivity contribution in [2.45, 2.75) is 38.8 Å². The Balaban J connectivity index is 1.87. The Morgan fingerprint density at radius 2 is 1.82 bits per heavy atom. The molecule has 0 spiro atoms. The fourth-order valence-corrected chi connectivity index (χ4v) is 4.36. The molecule has 33 heavy (non-hydrogen) atoms. The van der Waals surface area contributed by atoms with Gasteiger partial charge in [0.2, 0.25) is 11.2 Å². The van der Waals surface area contributed by atoms with E-state index in [0.717, 1.165) is 0 Å². The standard InChI is InChI=1S/C23H21BrF3NO5/c1-12-9-28(10-13(2)31-12)11-15-17(29)8-7-14-19(30)21(22(23(25,26)27)33-20(14)15)32-18-6-4-3-5-16(18)24/h3-8,12-13,29H,9-11H2,1-2H3. The number of hydrogen-bond donors (Lipinski definition) is 1. The van der Waals surface area contributed by atoms with Crippen LogP contribution in [0.3, 0.4) is 0 Å². The number of hydrogen-bond acceptors (Lipinski definition) is 6. The molecule has 0 aliphatic carbocycles. The molecule has 1 N–H and O–H groups in total. The zero-order valence-corrected chi connectivity index (χ0v) is 19.4. The van der Waals surface area contributed by atoms with Crippen LogP contribution in [0.5, 0.6) is 17.2 Å². The second kappa shape index (κ2) is 9.00. The van der Waals surface area contributed by atoms with Crippen molar-refractivity contribution >= 4 is 26.9 Å². The molecule has 1 aliphatic heterocycles. The Labute approximate surface area is 195 Å². The van der Waals surface area contributed by atoms with Gasteiger partial charge in [-0.2, -0.15) is 13.2 Å². The summed E-state index contributed by atoms with van der Waals surface area (Å²) in [7, 11) is 0. The van der Waals surface area contributed by atoms with E-state index in [1.54, 1.807) is 18.2 Å². The molecule has 6 nitrogen and oxygen atoms in total. The van der Waals surface area contributed by atoms with E-state index in [0.29, 0.717) is 17.6 Å². The van der Waals surface area contributed by atoms with Gasteiger partial charge in [0.05, 0.1) is 27.6 Å². The average Bonchev–Trinajstić information content (AvgIpc) is 2.72. The van der Waals surface area contributed by atoms with E-state index in [-0.39, 0.29) is 46.8 Å². The molecule has 176 valence electrons. The zero-order valence-electron chi connectivity index (χ0n) is 17.8. The van der Waals surface area contributed by atoms with Crippen molar-refractivity contribution in [2.75, 3.05) is 13.1 Å². The molecule has 2 atom stereocenters. The molecule has 0 bridgehead atoms. The molecule has 1 aromatic heterocycles. The minimum Gasteiger partial charge on any atom is -0.507 e. The predicted octanol–water partition coefficient (Wildman–Crippen LogP) is 5.68. The SMILES string of the molecule is CC1CN(Cc2c(O)ccc3c(=O)c(Oc4ccccc4Br)c(C(F)(F)F)oc23)CC(C)O1. The summed E-state index contributed by atoms with van der Waals surface area (Å²) in [5.41, 5.74) is -1.20. The summed E-state index contributed by atoms with van der Waals surface area (Å²) in [6.07, 6.45) is -5.19. The van der Waals surface area contributed by atoms with Crippen LogP contribution in [-0.4, -0.2) is 35.3 Å². The quantitative estimate of drug-likeness (QED) is 0.470. The van der Waals surface area contributed by atoms with Crippen molar-refractivity contribution in [3.8, 4) is 17.2 Å². The Hall–Kier alpha value is -2.56. The van der Waals surface area contributed by atoms with Crippen LogP contribution in [0, 0.1) is 0 Å². The number of benzene rings is 2. The van der Waals surface area contributed by atoms with Crippen LogP contribution in [0.4, 0.5) is 13.2 Å². The lowest BCUT2D eigenvalue weighted by molar-refractivity contribution is -0.154. The maximum Gasteiger partial charge on any atom is 0.453 e. The van der Waals surface area contributed by atoms with Gasteiger partial charge in [-0.15, -0.1) is 0 Å². The summed E-state index contributed by atoms with van der Waals surface area (Å²) < 4.78 is 58.5. The van der Waals surface area contributed by atoms with Gasteiger partial charge in [-0.05, 0) is 54.0 Å². The van der Waals surface area contributed by atoms with Crippen LogP contribution in [0.2, 0.25) is 0 Å². The summed E-state index contributed by atoms with van der Waals surface area (Å²) in [6, 6.07) is 8.74. The van der Waals surface area contributed by atoms with Gasteiger partial charge in [0.15, 0.2) is 0 Å². The number of morpholine rings is 1. The van der Waals surface area contributed by atoms with Gasteiger partial charge >= 0.3 is 6.18 Å². The van der Waals surface area contributed by atoms with Crippen LogP contribution in [0.1, 0.15) is 25.2 Å². The molecule has 1 fully saturated rings. The van der Waals surface area contributed by atoms with E-state index in [2.05, 4.69) is 15.9 Å². The lowest BCUT2D eigenvalue weighted by atomic mass is 10.1. The fourth-order valence-electron chi connectivity index (χ4n) is 3.99. The molecular formula is C23H21BrF3NO5. The van der Waals surface area contributed by atoms with Crippen LogP contribution in [0.25, 0.3) is 11.0 Å². The third kappa shape index (κ3) is 4.87. The lowest BCUT2D eigenvalue weighted by Gasteiger charge is -2.35. The molecular weight excluding hydrogens is 507 g/mol. The van der Waals surface area contributed by atoms with Gasteiger partial charge in [-0.25, -0.2) is 0 Å². The maximum atomic E-state index is 13.9. The monoisotopic (exact) mass is 527 g/mol. The molecule has 2 heterocycles. The molecule has 2 unspecified atom stereocenters. The van der Waals surface area contributed by atoms with E-state index in [1.165, 1.54) is 18.2 Å². The van der Waals surface area contributed by atoms with Crippen molar-refractivity contribution in [1.29, 1.82) is 0 Å². The third-order valence-electron chi connectivity index (χ3n) is 5.28. The van der Waals surface area contributed by atoms with Gasteiger partial charge < -0.3 is 19.0 Å². The van der Waals surface area contributed by atoms with Crippen molar-refractivity contribution in [3.63, 3.8) is 0 Å².